The van der Waals surface area contributed by atoms with Gasteiger partial charge in [0.05, 0.1) is 7.11 Å². The van der Waals surface area contributed by atoms with Crippen molar-refractivity contribution in [3.8, 4) is 0 Å². The predicted octanol–water partition coefficient (Wildman–Crippen LogP) is 1.88. The first kappa shape index (κ1) is 18.4. The third-order valence-corrected chi connectivity index (χ3v) is 3.80. The minimum atomic E-state index is -0.971. The number of amides is 1. The predicted molar refractivity (Wildman–Crippen MR) is 86.9 cm³/mol. The van der Waals surface area contributed by atoms with Crippen molar-refractivity contribution in [3.05, 3.63) is 35.4 Å². The van der Waals surface area contributed by atoms with Gasteiger partial charge in [-0.3, -0.25) is 9.00 Å². The zero-order chi connectivity index (χ0) is 16.7. The molecule has 0 bridgehead atoms. The van der Waals surface area contributed by atoms with Crippen LogP contribution in [0.25, 0.3) is 0 Å². The van der Waals surface area contributed by atoms with Crippen LogP contribution in [0.15, 0.2) is 24.3 Å². The molecule has 1 aromatic rings. The van der Waals surface area contributed by atoms with E-state index in [2.05, 4.69) is 5.32 Å². The third-order valence-electron chi connectivity index (χ3n) is 3.06. The van der Waals surface area contributed by atoms with Crippen LogP contribution in [0.2, 0.25) is 0 Å². The fraction of sp³-hybridized carbons (Fsp3) is 0.500. The largest absolute Gasteiger partial charge is 0.467 e. The molecule has 0 aromatic heterocycles. The highest BCUT2D eigenvalue weighted by molar-refractivity contribution is 7.83. The lowest BCUT2D eigenvalue weighted by Crippen LogP contribution is -2.42. The van der Waals surface area contributed by atoms with Crippen LogP contribution < -0.4 is 5.32 Å². The molecule has 122 valence electrons. The second-order valence-corrected chi connectivity index (χ2v) is 7.03. The van der Waals surface area contributed by atoms with Gasteiger partial charge in [-0.15, -0.1) is 0 Å². The van der Waals surface area contributed by atoms with Crippen molar-refractivity contribution in [1.29, 1.82) is 0 Å². The van der Waals surface area contributed by atoms with Gasteiger partial charge < -0.3 is 10.1 Å². The maximum Gasteiger partial charge on any atom is 0.328 e. The number of hydrogen-bond donors (Lipinski definition) is 1. The number of carbonyl (C=O) groups excluding carboxylic acids is 2. The van der Waals surface area contributed by atoms with E-state index in [1.807, 2.05) is 19.9 Å². The van der Waals surface area contributed by atoms with Crippen LogP contribution in [0, 0.1) is 5.92 Å². The molecule has 0 saturated heterocycles. The van der Waals surface area contributed by atoms with Gasteiger partial charge in [-0.2, -0.15) is 0 Å². The molecule has 1 aromatic carbocycles. The number of methoxy groups -OCH3 is 1. The Morgan fingerprint density at radius 3 is 2.55 bits per heavy atom. The van der Waals surface area contributed by atoms with E-state index >= 15 is 0 Å². The molecule has 1 amide bonds. The summed E-state index contributed by atoms with van der Waals surface area (Å²) in [6.07, 6.45) is 2.12. The summed E-state index contributed by atoms with van der Waals surface area (Å²) in [6, 6.07) is 6.26. The van der Waals surface area contributed by atoms with Crippen LogP contribution in [0.1, 0.15) is 36.2 Å². The molecule has 0 radical (unpaired) electrons. The maximum atomic E-state index is 12.3. The number of nitrogens with one attached hydrogen (secondary N) is 1. The van der Waals surface area contributed by atoms with E-state index in [0.717, 1.165) is 5.56 Å². The van der Waals surface area contributed by atoms with E-state index in [-0.39, 0.29) is 11.8 Å². The van der Waals surface area contributed by atoms with Crippen molar-refractivity contribution >= 4 is 22.7 Å². The van der Waals surface area contributed by atoms with E-state index in [0.29, 0.717) is 17.7 Å². The van der Waals surface area contributed by atoms with E-state index in [9.17, 15) is 13.8 Å². The second kappa shape index (κ2) is 8.68. The minimum absolute atomic E-state index is 0.248. The van der Waals surface area contributed by atoms with Crippen molar-refractivity contribution in [1.82, 2.24) is 5.32 Å². The van der Waals surface area contributed by atoms with Crippen LogP contribution in [-0.4, -0.2) is 35.5 Å². The Morgan fingerprint density at radius 2 is 2.00 bits per heavy atom. The Bertz CT molecular complexity index is 557. The molecule has 2 unspecified atom stereocenters. The van der Waals surface area contributed by atoms with Crippen LogP contribution >= 0.6 is 0 Å². The highest BCUT2D eigenvalue weighted by Gasteiger charge is 2.23. The average Bonchev–Trinajstić information content (AvgIpc) is 2.44. The Labute approximate surface area is 133 Å². The summed E-state index contributed by atoms with van der Waals surface area (Å²) >= 11 is 0. The maximum absolute atomic E-state index is 12.3. The molecule has 22 heavy (non-hydrogen) atoms. The van der Waals surface area contributed by atoms with Crippen molar-refractivity contribution < 1.29 is 18.5 Å². The normalized spacial score (nSPS) is 13.5. The van der Waals surface area contributed by atoms with Crippen molar-refractivity contribution in [2.45, 2.75) is 32.1 Å². The molecule has 0 aliphatic rings. The lowest BCUT2D eigenvalue weighted by Gasteiger charge is -2.18. The van der Waals surface area contributed by atoms with Gasteiger partial charge in [-0.05, 0) is 30.0 Å². The molecule has 0 saturated carbocycles. The number of esters is 1. The van der Waals surface area contributed by atoms with Crippen LogP contribution in [0.4, 0.5) is 0 Å². The SMILES string of the molecule is COC(=O)C(CC(C)C)NC(=O)c1cccc(CS(C)=O)c1. The van der Waals surface area contributed by atoms with Gasteiger partial charge in [0.2, 0.25) is 0 Å². The molecule has 6 heteroatoms. The number of rotatable bonds is 7. The molecule has 0 fully saturated rings. The Kier molecular flexibility index (Phi) is 7.24. The molecule has 0 aliphatic carbocycles. The summed E-state index contributed by atoms with van der Waals surface area (Å²) in [5.41, 5.74) is 1.27. The number of carbonyl (C=O) groups is 2. The molecule has 1 N–H and O–H groups in total. The molecule has 1 rings (SSSR count). The number of benzene rings is 1. The highest BCUT2D eigenvalue weighted by atomic mass is 32.2. The first-order valence-corrected chi connectivity index (χ1v) is 8.83. The van der Waals surface area contributed by atoms with Gasteiger partial charge in [0.1, 0.15) is 6.04 Å². The summed E-state index contributed by atoms with van der Waals surface area (Å²) in [5, 5.41) is 2.71. The Morgan fingerprint density at radius 1 is 1.32 bits per heavy atom. The smallest absolute Gasteiger partial charge is 0.328 e. The van der Waals surface area contributed by atoms with Crippen molar-refractivity contribution in [2.24, 2.45) is 5.92 Å². The minimum Gasteiger partial charge on any atom is -0.467 e. The summed E-state index contributed by atoms with van der Waals surface area (Å²) in [6.45, 7) is 3.94. The highest BCUT2D eigenvalue weighted by Crippen LogP contribution is 2.10. The fourth-order valence-electron chi connectivity index (χ4n) is 2.11. The van der Waals surface area contributed by atoms with Crippen molar-refractivity contribution in [3.63, 3.8) is 0 Å². The zero-order valence-corrected chi connectivity index (χ0v) is 14.2. The molecule has 2 atom stereocenters. The first-order chi connectivity index (χ1) is 10.3. The molecule has 5 nitrogen and oxygen atoms in total. The molecular weight excluding hydrogens is 302 g/mol. The van der Waals surface area contributed by atoms with E-state index < -0.39 is 22.8 Å². The van der Waals surface area contributed by atoms with Crippen LogP contribution in [0.3, 0.4) is 0 Å². The molecule has 0 aliphatic heterocycles. The third kappa shape index (κ3) is 5.97. The van der Waals surface area contributed by atoms with Gasteiger partial charge in [0, 0.05) is 28.4 Å². The van der Waals surface area contributed by atoms with E-state index in [1.165, 1.54) is 7.11 Å². The fourth-order valence-corrected chi connectivity index (χ4v) is 2.76. The molecular formula is C16H23NO4S. The van der Waals surface area contributed by atoms with E-state index in [4.69, 9.17) is 4.74 Å². The first-order valence-electron chi connectivity index (χ1n) is 7.11. The van der Waals surface area contributed by atoms with Gasteiger partial charge in [0.25, 0.3) is 5.91 Å². The van der Waals surface area contributed by atoms with Gasteiger partial charge in [-0.1, -0.05) is 26.0 Å². The quantitative estimate of drug-likeness (QED) is 0.777. The van der Waals surface area contributed by atoms with E-state index in [1.54, 1.807) is 24.5 Å². The van der Waals surface area contributed by atoms with Crippen molar-refractivity contribution in [2.75, 3.05) is 13.4 Å². The lowest BCUT2D eigenvalue weighted by molar-refractivity contribution is -0.143. The topological polar surface area (TPSA) is 72.5 Å². The summed E-state index contributed by atoms with van der Waals surface area (Å²) in [4.78, 5) is 24.0. The molecule has 0 spiro atoms. The average molecular weight is 325 g/mol. The monoisotopic (exact) mass is 325 g/mol. The lowest BCUT2D eigenvalue weighted by atomic mass is 10.0. The summed E-state index contributed by atoms with van der Waals surface area (Å²) < 4.78 is 16.0. The molecule has 0 heterocycles. The standard InChI is InChI=1S/C16H23NO4S/c1-11(2)8-14(16(19)21-3)17-15(18)13-7-5-6-12(9-13)10-22(4)20/h5-7,9,11,14H,8,10H2,1-4H3,(H,17,18). The zero-order valence-electron chi connectivity index (χ0n) is 13.4. The summed E-state index contributed by atoms with van der Waals surface area (Å²) in [5.74, 6) is -0.140. The summed E-state index contributed by atoms with van der Waals surface area (Å²) in [7, 11) is 0.333. The van der Waals surface area contributed by atoms with Gasteiger partial charge >= 0.3 is 5.97 Å². The number of ether oxygens (including phenoxy) is 1. The van der Waals surface area contributed by atoms with Gasteiger partial charge in [0.15, 0.2) is 0 Å². The van der Waals surface area contributed by atoms with Crippen LogP contribution in [0.5, 0.6) is 0 Å². The Hall–Kier alpha value is -1.69. The van der Waals surface area contributed by atoms with Crippen LogP contribution in [-0.2, 0) is 26.1 Å². The second-order valence-electron chi connectivity index (χ2n) is 5.60. The number of hydrogen-bond acceptors (Lipinski definition) is 4. The van der Waals surface area contributed by atoms with Gasteiger partial charge in [-0.25, -0.2) is 4.79 Å². The Balaban J connectivity index is 2.85.